The lowest BCUT2D eigenvalue weighted by atomic mass is 10.4. The second kappa shape index (κ2) is 6.78. The molecule has 2 rings (SSSR count). The molecule has 6 heteroatoms. The third-order valence-corrected chi connectivity index (χ3v) is 3.16. The van der Waals surface area contributed by atoms with Crippen molar-refractivity contribution >= 4 is 12.4 Å². The Bertz CT molecular complexity index is 691. The Labute approximate surface area is 122 Å². The first-order valence-electron chi connectivity index (χ1n) is 6.97. The quantitative estimate of drug-likeness (QED) is 0.812. The molecule has 2 aromatic heterocycles. The average Bonchev–Trinajstić information content (AvgIpc) is 2.99. The molecule has 0 saturated carbocycles. The lowest BCUT2D eigenvalue weighted by Crippen LogP contribution is -2.24. The molecule has 0 atom stereocenters. The lowest BCUT2D eigenvalue weighted by Gasteiger charge is -2.02. The first kappa shape index (κ1) is 14.9. The van der Waals surface area contributed by atoms with E-state index < -0.39 is 0 Å². The third kappa shape index (κ3) is 3.34. The molecule has 0 saturated heterocycles. The summed E-state index contributed by atoms with van der Waals surface area (Å²) in [5.41, 5.74) is -0.126. The van der Waals surface area contributed by atoms with Crippen molar-refractivity contribution in [3.8, 4) is 0 Å². The van der Waals surface area contributed by atoms with Crippen LogP contribution in [0.15, 0.2) is 46.5 Å². The summed E-state index contributed by atoms with van der Waals surface area (Å²) in [4.78, 5) is 23.9. The molecule has 0 amide bonds. The Morgan fingerprint density at radius 1 is 0.810 bits per heavy atom. The van der Waals surface area contributed by atoms with Crippen LogP contribution in [0.1, 0.15) is 20.3 Å². The molecular formula is C15H20N4O2. The van der Waals surface area contributed by atoms with Crippen molar-refractivity contribution in [3.05, 3.63) is 57.9 Å². The highest BCUT2D eigenvalue weighted by Crippen LogP contribution is 1.94. The Balaban J connectivity index is 1.99. The number of nitrogens with zero attached hydrogens (tertiary/aromatic N) is 4. The van der Waals surface area contributed by atoms with Crippen molar-refractivity contribution in [2.24, 2.45) is 0 Å². The van der Waals surface area contributed by atoms with Crippen molar-refractivity contribution in [3.63, 3.8) is 0 Å². The molecule has 0 aliphatic heterocycles. The third-order valence-electron chi connectivity index (χ3n) is 3.16. The van der Waals surface area contributed by atoms with Crippen LogP contribution in [0.4, 0.5) is 0 Å². The molecule has 0 aliphatic carbocycles. The molecule has 0 N–H and O–H groups in total. The average molecular weight is 288 g/mol. The van der Waals surface area contributed by atoms with Gasteiger partial charge in [-0.15, -0.1) is 0 Å². The maximum atomic E-state index is 12.0. The van der Waals surface area contributed by atoms with Gasteiger partial charge in [0.1, 0.15) is 0 Å². The fourth-order valence-corrected chi connectivity index (χ4v) is 2.16. The van der Waals surface area contributed by atoms with E-state index in [9.17, 15) is 9.59 Å². The van der Waals surface area contributed by atoms with Crippen LogP contribution in [0.25, 0.3) is 12.4 Å². The second-order valence-electron chi connectivity index (χ2n) is 4.68. The van der Waals surface area contributed by atoms with Gasteiger partial charge in [0.25, 0.3) is 0 Å². The number of rotatable bonds is 6. The smallest absolute Gasteiger partial charge is 0.299 e. The first-order valence-corrected chi connectivity index (χ1v) is 6.97. The zero-order valence-corrected chi connectivity index (χ0v) is 12.3. The molecule has 0 bridgehead atoms. The van der Waals surface area contributed by atoms with E-state index in [1.165, 1.54) is 9.13 Å². The fraction of sp³-hybridized carbons (Fsp3) is 0.333. The minimum absolute atomic E-state index is 0.0630. The van der Waals surface area contributed by atoms with Gasteiger partial charge >= 0.3 is 11.4 Å². The topological polar surface area (TPSA) is 53.9 Å². The van der Waals surface area contributed by atoms with Crippen LogP contribution in [0.2, 0.25) is 0 Å². The van der Waals surface area contributed by atoms with Gasteiger partial charge in [-0.05, 0) is 20.3 Å². The van der Waals surface area contributed by atoms with E-state index >= 15 is 0 Å². The fourth-order valence-electron chi connectivity index (χ4n) is 2.16. The monoisotopic (exact) mass is 288 g/mol. The predicted octanol–water partition coefficient (Wildman–Crippen LogP) is 1.68. The Kier molecular flexibility index (Phi) is 4.81. The lowest BCUT2D eigenvalue weighted by molar-refractivity contribution is 0.541. The second-order valence-corrected chi connectivity index (χ2v) is 4.68. The van der Waals surface area contributed by atoms with Crippen LogP contribution >= 0.6 is 0 Å². The molecule has 6 nitrogen and oxygen atoms in total. The molecule has 112 valence electrons. The number of aryl methyl sites for hydroxylation is 2. The largest absolute Gasteiger partial charge is 0.332 e. The van der Waals surface area contributed by atoms with Crippen molar-refractivity contribution in [2.75, 3.05) is 0 Å². The summed E-state index contributed by atoms with van der Waals surface area (Å²) in [6, 6.07) is 0. The van der Waals surface area contributed by atoms with Gasteiger partial charge in [-0.1, -0.05) is 12.2 Å². The van der Waals surface area contributed by atoms with Gasteiger partial charge in [-0.2, -0.15) is 0 Å². The predicted molar refractivity (Wildman–Crippen MR) is 84.0 cm³/mol. The van der Waals surface area contributed by atoms with E-state index in [0.29, 0.717) is 13.1 Å². The molecule has 0 unspecified atom stereocenters. The van der Waals surface area contributed by atoms with E-state index in [2.05, 4.69) is 0 Å². The number of allylic oxidation sites excluding steroid dienone is 2. The highest BCUT2D eigenvalue weighted by molar-refractivity contribution is 5.20. The van der Waals surface area contributed by atoms with Gasteiger partial charge in [0.15, 0.2) is 0 Å². The summed E-state index contributed by atoms with van der Waals surface area (Å²) in [6.45, 7) is 4.91. The zero-order chi connectivity index (χ0) is 15.2. The maximum Gasteiger partial charge on any atom is 0.332 e. The van der Waals surface area contributed by atoms with Gasteiger partial charge in [-0.25, -0.2) is 9.59 Å². The number of imidazole rings is 2. The zero-order valence-electron chi connectivity index (χ0n) is 12.3. The van der Waals surface area contributed by atoms with E-state index in [4.69, 9.17) is 0 Å². The molecular weight excluding hydrogens is 268 g/mol. The Morgan fingerprint density at radius 3 is 1.62 bits per heavy atom. The van der Waals surface area contributed by atoms with E-state index in [1.54, 1.807) is 46.3 Å². The first-order chi connectivity index (χ1) is 10.2. The van der Waals surface area contributed by atoms with E-state index in [0.717, 1.165) is 6.42 Å². The van der Waals surface area contributed by atoms with Crippen molar-refractivity contribution < 1.29 is 0 Å². The summed E-state index contributed by atoms with van der Waals surface area (Å²) in [5, 5.41) is 0. The molecule has 0 aliphatic rings. The van der Waals surface area contributed by atoms with Crippen LogP contribution in [0.5, 0.6) is 0 Å². The van der Waals surface area contributed by atoms with Crippen molar-refractivity contribution in [1.29, 1.82) is 0 Å². The number of hydrogen-bond donors (Lipinski definition) is 0. The van der Waals surface area contributed by atoms with Gasteiger partial charge in [0.2, 0.25) is 0 Å². The molecule has 2 heterocycles. The highest BCUT2D eigenvalue weighted by Gasteiger charge is 2.03. The molecule has 0 radical (unpaired) electrons. The summed E-state index contributed by atoms with van der Waals surface area (Å²) in [5.74, 6) is 0. The van der Waals surface area contributed by atoms with Gasteiger partial charge in [0, 0.05) is 50.3 Å². The summed E-state index contributed by atoms with van der Waals surface area (Å²) in [7, 11) is 0. The van der Waals surface area contributed by atoms with E-state index in [-0.39, 0.29) is 11.4 Å². The van der Waals surface area contributed by atoms with Gasteiger partial charge < -0.3 is 0 Å². The molecule has 0 aromatic carbocycles. The van der Waals surface area contributed by atoms with Crippen LogP contribution in [-0.2, 0) is 13.1 Å². The van der Waals surface area contributed by atoms with Crippen molar-refractivity contribution in [2.45, 2.75) is 33.4 Å². The number of aromatic nitrogens is 4. The minimum atomic E-state index is -0.0630. The normalized spacial score (nSPS) is 11.9. The molecule has 21 heavy (non-hydrogen) atoms. The number of hydrogen-bond acceptors (Lipinski definition) is 2. The van der Waals surface area contributed by atoms with Crippen LogP contribution in [-0.4, -0.2) is 18.3 Å². The van der Waals surface area contributed by atoms with Crippen LogP contribution in [0.3, 0.4) is 0 Å². The Morgan fingerprint density at radius 2 is 1.24 bits per heavy atom. The van der Waals surface area contributed by atoms with Gasteiger partial charge in [0.05, 0.1) is 0 Å². The SMILES string of the molecule is C/C=C\n1ccn(CCCn2ccn(/C=C\C)c2=O)c1=O. The van der Waals surface area contributed by atoms with Crippen molar-refractivity contribution in [1.82, 2.24) is 18.3 Å². The molecule has 2 aromatic rings. The van der Waals surface area contributed by atoms with Crippen LogP contribution in [0, 0.1) is 0 Å². The molecule has 0 fully saturated rings. The van der Waals surface area contributed by atoms with E-state index in [1.807, 2.05) is 26.0 Å². The standard InChI is InChI=1S/C15H20N4O2/c1-3-6-16-10-12-18(14(16)20)8-5-9-19-13-11-17(7-4-2)15(19)21/h3-4,6-7,10-13H,5,8-9H2,1-2H3/b6-3-,7-4-. The van der Waals surface area contributed by atoms with Gasteiger partial charge in [-0.3, -0.25) is 18.3 Å². The molecule has 0 spiro atoms. The Hall–Kier alpha value is -2.50. The summed E-state index contributed by atoms with van der Waals surface area (Å²) >= 11 is 0. The minimum Gasteiger partial charge on any atom is -0.299 e. The summed E-state index contributed by atoms with van der Waals surface area (Å²) < 4.78 is 6.37. The summed E-state index contributed by atoms with van der Waals surface area (Å²) in [6.07, 6.45) is 14.8. The highest BCUT2D eigenvalue weighted by atomic mass is 16.2. The van der Waals surface area contributed by atoms with Crippen LogP contribution < -0.4 is 11.4 Å². The maximum absolute atomic E-state index is 12.0.